The van der Waals surface area contributed by atoms with Gasteiger partial charge < -0.3 is 9.16 Å². The third-order valence-corrected chi connectivity index (χ3v) is 10.4. The second-order valence-corrected chi connectivity index (χ2v) is 13.8. The molecular weight excluding hydrogens is 304 g/mol. The molecule has 0 unspecified atom stereocenters. The fraction of sp³-hybridized carbons (Fsp3) is 0.632. The third kappa shape index (κ3) is 2.99. The number of benzene rings is 1. The number of rotatable bonds is 5. The van der Waals surface area contributed by atoms with Crippen molar-refractivity contribution < 1.29 is 14.0 Å². The summed E-state index contributed by atoms with van der Waals surface area (Å²) < 4.78 is 12.1. The van der Waals surface area contributed by atoms with Crippen molar-refractivity contribution in [3.8, 4) is 0 Å². The normalized spacial score (nSPS) is 29.4. The van der Waals surface area contributed by atoms with Crippen molar-refractivity contribution in [3.05, 3.63) is 35.9 Å². The minimum Gasteiger partial charge on any atom is -0.455 e. The Hall–Kier alpha value is -1.13. The van der Waals surface area contributed by atoms with Crippen LogP contribution in [0.5, 0.6) is 0 Å². The molecule has 0 radical (unpaired) electrons. The average molecular weight is 333 g/mol. The van der Waals surface area contributed by atoms with Gasteiger partial charge >= 0.3 is 5.97 Å². The van der Waals surface area contributed by atoms with Crippen LogP contribution in [0.15, 0.2) is 30.3 Å². The van der Waals surface area contributed by atoms with Crippen LogP contribution < -0.4 is 0 Å². The maximum Gasteiger partial charge on any atom is 0.338 e. The second-order valence-electron chi connectivity index (χ2n) is 9.02. The van der Waals surface area contributed by atoms with Crippen molar-refractivity contribution >= 4 is 14.3 Å². The molecule has 4 heteroatoms. The molecule has 0 atom stereocenters. The van der Waals surface area contributed by atoms with Crippen LogP contribution in [-0.4, -0.2) is 26.5 Å². The molecule has 3 nitrogen and oxygen atoms in total. The van der Waals surface area contributed by atoms with Gasteiger partial charge in [0.2, 0.25) is 0 Å². The maximum atomic E-state index is 12.2. The van der Waals surface area contributed by atoms with Crippen LogP contribution in [0.1, 0.15) is 50.4 Å². The maximum absolute atomic E-state index is 12.2. The van der Waals surface area contributed by atoms with E-state index in [4.69, 9.17) is 9.16 Å². The summed E-state index contributed by atoms with van der Waals surface area (Å²) in [5.41, 5.74) is 0.708. The first-order valence-electron chi connectivity index (χ1n) is 8.49. The fourth-order valence-electron chi connectivity index (χ4n) is 3.54. The predicted molar refractivity (Wildman–Crippen MR) is 94.0 cm³/mol. The molecule has 3 aliphatic carbocycles. The Bertz CT molecular complexity index is 581. The summed E-state index contributed by atoms with van der Waals surface area (Å²) >= 11 is 0. The Kier molecular flexibility index (Phi) is 3.77. The van der Waals surface area contributed by atoms with E-state index in [0.717, 1.165) is 25.9 Å². The standard InChI is InChI=1S/C19H28O3Si/c1-17(2,3)23(4,5)21-14-18-11-19(12-18,13-18)22-16(20)15-9-7-6-8-10-15/h6-10H,11-14H2,1-5H3. The van der Waals surface area contributed by atoms with Crippen LogP contribution >= 0.6 is 0 Å². The minimum atomic E-state index is -1.69. The van der Waals surface area contributed by atoms with Crippen molar-refractivity contribution in [1.82, 2.24) is 0 Å². The largest absolute Gasteiger partial charge is 0.455 e. The van der Waals surface area contributed by atoms with E-state index in [1.807, 2.05) is 30.3 Å². The van der Waals surface area contributed by atoms with Gasteiger partial charge in [0.1, 0.15) is 5.60 Å². The molecule has 4 rings (SSSR count). The first-order chi connectivity index (χ1) is 10.6. The molecule has 23 heavy (non-hydrogen) atoms. The Morgan fingerprint density at radius 2 is 1.70 bits per heavy atom. The molecule has 0 amide bonds. The summed E-state index contributed by atoms with van der Waals surface area (Å²) in [6.45, 7) is 12.2. The highest BCUT2D eigenvalue weighted by atomic mass is 28.4. The van der Waals surface area contributed by atoms with Crippen LogP contribution in [0.25, 0.3) is 0 Å². The molecule has 0 saturated heterocycles. The van der Waals surface area contributed by atoms with E-state index < -0.39 is 8.32 Å². The van der Waals surface area contributed by atoms with Gasteiger partial charge in [-0.05, 0) is 49.5 Å². The van der Waals surface area contributed by atoms with Gasteiger partial charge in [-0.2, -0.15) is 0 Å². The van der Waals surface area contributed by atoms with Gasteiger partial charge in [-0.25, -0.2) is 4.79 Å². The minimum absolute atomic E-state index is 0.191. The lowest BCUT2D eigenvalue weighted by Crippen LogP contribution is -2.71. The van der Waals surface area contributed by atoms with Gasteiger partial charge in [-0.3, -0.25) is 0 Å². The molecular formula is C19H28O3Si. The lowest BCUT2D eigenvalue weighted by molar-refractivity contribution is -0.268. The van der Waals surface area contributed by atoms with Gasteiger partial charge in [-0.15, -0.1) is 0 Å². The van der Waals surface area contributed by atoms with Crippen LogP contribution in [0.4, 0.5) is 0 Å². The summed E-state index contributed by atoms with van der Waals surface area (Å²) in [4.78, 5) is 12.2. The van der Waals surface area contributed by atoms with Gasteiger partial charge in [0.25, 0.3) is 0 Å². The van der Waals surface area contributed by atoms with E-state index in [-0.39, 0.29) is 22.0 Å². The monoisotopic (exact) mass is 332 g/mol. The topological polar surface area (TPSA) is 35.5 Å². The summed E-state index contributed by atoms with van der Waals surface area (Å²) in [5.74, 6) is -0.191. The highest BCUT2D eigenvalue weighted by Gasteiger charge is 2.70. The number of hydrogen-bond acceptors (Lipinski definition) is 3. The lowest BCUT2D eigenvalue weighted by Gasteiger charge is -2.69. The van der Waals surface area contributed by atoms with Crippen molar-refractivity contribution in [1.29, 1.82) is 0 Å². The van der Waals surface area contributed by atoms with Crippen molar-refractivity contribution in [2.75, 3.05) is 6.61 Å². The van der Waals surface area contributed by atoms with Gasteiger partial charge in [0.15, 0.2) is 8.32 Å². The molecule has 0 aliphatic heterocycles. The summed E-state index contributed by atoms with van der Waals surface area (Å²) in [5, 5.41) is 0.244. The number of carbonyl (C=O) groups excluding carboxylic acids is 1. The van der Waals surface area contributed by atoms with E-state index in [2.05, 4.69) is 33.9 Å². The molecule has 2 bridgehead atoms. The highest BCUT2D eigenvalue weighted by Crippen LogP contribution is 2.69. The van der Waals surface area contributed by atoms with E-state index in [0.29, 0.717) is 5.56 Å². The average Bonchev–Trinajstić information content (AvgIpc) is 2.39. The Labute approximate surface area is 140 Å². The molecule has 0 N–H and O–H groups in total. The summed E-state index contributed by atoms with van der Waals surface area (Å²) in [6, 6.07) is 9.26. The zero-order chi connectivity index (χ0) is 16.9. The van der Waals surface area contributed by atoms with Gasteiger partial charge in [0.05, 0.1) is 5.56 Å². The van der Waals surface area contributed by atoms with E-state index >= 15 is 0 Å². The SMILES string of the molecule is CC(C)(C)[Si](C)(C)OCC12CC(OC(=O)c3ccccc3)(C1)C2. The van der Waals surface area contributed by atoms with E-state index in [1.54, 1.807) is 0 Å². The molecule has 1 aromatic rings. The van der Waals surface area contributed by atoms with Crippen LogP contribution in [-0.2, 0) is 9.16 Å². The van der Waals surface area contributed by atoms with Crippen molar-refractivity contribution in [2.24, 2.45) is 5.41 Å². The van der Waals surface area contributed by atoms with Gasteiger partial charge in [0, 0.05) is 12.0 Å². The Morgan fingerprint density at radius 1 is 1.13 bits per heavy atom. The number of ether oxygens (including phenoxy) is 1. The summed E-state index contributed by atoms with van der Waals surface area (Å²) in [7, 11) is -1.69. The van der Waals surface area contributed by atoms with Crippen molar-refractivity contribution in [2.45, 2.75) is 63.8 Å². The Balaban J connectivity index is 1.50. The fourth-order valence-corrected chi connectivity index (χ4v) is 4.64. The number of esters is 1. The van der Waals surface area contributed by atoms with Gasteiger partial charge in [-0.1, -0.05) is 39.0 Å². The predicted octanol–water partition coefficient (Wildman–Crippen LogP) is 4.79. The second kappa shape index (κ2) is 5.18. The molecule has 0 heterocycles. The van der Waals surface area contributed by atoms with Crippen LogP contribution in [0.3, 0.4) is 0 Å². The molecule has 126 valence electrons. The zero-order valence-electron chi connectivity index (χ0n) is 14.9. The van der Waals surface area contributed by atoms with E-state index in [9.17, 15) is 4.79 Å². The number of carbonyl (C=O) groups is 1. The quantitative estimate of drug-likeness (QED) is 0.574. The highest BCUT2D eigenvalue weighted by molar-refractivity contribution is 6.74. The van der Waals surface area contributed by atoms with E-state index in [1.165, 1.54) is 0 Å². The van der Waals surface area contributed by atoms with Crippen molar-refractivity contribution in [3.63, 3.8) is 0 Å². The Morgan fingerprint density at radius 3 is 2.22 bits per heavy atom. The molecule has 1 aromatic carbocycles. The smallest absolute Gasteiger partial charge is 0.338 e. The van der Waals surface area contributed by atoms with Crippen LogP contribution in [0.2, 0.25) is 18.1 Å². The molecule has 3 saturated carbocycles. The summed E-state index contributed by atoms with van der Waals surface area (Å²) in [6.07, 6.45) is 2.90. The molecule has 0 spiro atoms. The van der Waals surface area contributed by atoms with Crippen LogP contribution in [0, 0.1) is 5.41 Å². The first kappa shape index (κ1) is 16.7. The third-order valence-electron chi connectivity index (χ3n) is 5.96. The first-order valence-corrected chi connectivity index (χ1v) is 11.4. The molecule has 3 aliphatic rings. The molecule has 3 fully saturated rings. The lowest BCUT2D eigenvalue weighted by atomic mass is 9.41. The zero-order valence-corrected chi connectivity index (χ0v) is 15.9. The molecule has 0 aromatic heterocycles. The number of hydrogen-bond donors (Lipinski definition) is 0.